The molecule has 0 saturated heterocycles. The van der Waals surface area contributed by atoms with Crippen molar-refractivity contribution in [2.24, 2.45) is 0 Å². The molecule has 1 aliphatic heterocycles. The Morgan fingerprint density at radius 2 is 1.81 bits per heavy atom. The lowest BCUT2D eigenvalue weighted by molar-refractivity contribution is -0.384. The van der Waals surface area contributed by atoms with Crippen molar-refractivity contribution in [1.29, 1.82) is 0 Å². The van der Waals surface area contributed by atoms with Crippen LogP contribution in [0.15, 0.2) is 30.3 Å². The molecule has 0 spiro atoms. The second kappa shape index (κ2) is 8.17. The third-order valence-corrected chi connectivity index (χ3v) is 6.26. The number of fused-ring (bicyclic) bond motifs is 1. The summed E-state index contributed by atoms with van der Waals surface area (Å²) in [5.41, 5.74) is -5.39. The molecule has 1 heterocycles. The fraction of sp³-hybridized carbons (Fsp3) is 0.235. The number of nitrogens with one attached hydrogen (secondary N) is 1. The number of alkyl halides is 3. The van der Waals surface area contributed by atoms with Gasteiger partial charge in [-0.25, -0.2) is 0 Å². The van der Waals surface area contributed by atoms with Gasteiger partial charge in [-0.3, -0.25) is 19.6 Å². The summed E-state index contributed by atoms with van der Waals surface area (Å²) >= 11 is 12.0. The Labute approximate surface area is 183 Å². The van der Waals surface area contributed by atoms with Crippen LogP contribution in [0.5, 0.6) is 0 Å². The van der Waals surface area contributed by atoms with Crippen LogP contribution < -0.4 is 4.72 Å². The Morgan fingerprint density at radius 3 is 2.35 bits per heavy atom. The monoisotopic (exact) mass is 497 g/mol. The Morgan fingerprint density at radius 1 is 1.19 bits per heavy atom. The predicted octanol–water partition coefficient (Wildman–Crippen LogP) is 4.36. The Hall–Kier alpha value is -2.57. The van der Waals surface area contributed by atoms with Crippen LogP contribution in [0.3, 0.4) is 0 Å². The second-order valence-corrected chi connectivity index (χ2v) is 9.00. The Bertz CT molecular complexity index is 1170. The summed E-state index contributed by atoms with van der Waals surface area (Å²) in [5, 5.41) is 10.7. The van der Waals surface area contributed by atoms with E-state index in [9.17, 15) is 36.5 Å². The zero-order chi connectivity index (χ0) is 23.1. The van der Waals surface area contributed by atoms with Crippen LogP contribution in [-0.2, 0) is 23.0 Å². The highest BCUT2D eigenvalue weighted by Crippen LogP contribution is 2.39. The molecule has 0 fully saturated rings. The summed E-state index contributed by atoms with van der Waals surface area (Å²) in [7, 11) is -5.55. The average Bonchev–Trinajstić information content (AvgIpc) is 2.63. The molecule has 0 atom stereocenters. The van der Waals surface area contributed by atoms with Crippen LogP contribution in [0.1, 0.15) is 21.5 Å². The van der Waals surface area contributed by atoms with Crippen LogP contribution in [0.25, 0.3) is 0 Å². The van der Waals surface area contributed by atoms with Crippen molar-refractivity contribution in [1.82, 2.24) is 4.90 Å². The molecule has 2 aromatic carbocycles. The van der Waals surface area contributed by atoms with E-state index in [1.165, 1.54) is 27.8 Å². The van der Waals surface area contributed by atoms with E-state index in [0.29, 0.717) is 17.5 Å². The van der Waals surface area contributed by atoms with Gasteiger partial charge in [0.2, 0.25) is 0 Å². The smallest absolute Gasteiger partial charge is 0.334 e. The summed E-state index contributed by atoms with van der Waals surface area (Å²) in [6.07, 6.45) is 0.335. The SMILES string of the molecule is O=C1c2c(cc(Cl)c([N+](=O)[O-])c2Cl)CCN1Cc1ccc(NS(=O)(=O)C(F)(F)F)cc1. The molecular weight excluding hydrogens is 486 g/mol. The predicted molar refractivity (Wildman–Crippen MR) is 107 cm³/mol. The van der Waals surface area contributed by atoms with E-state index in [2.05, 4.69) is 0 Å². The molecule has 0 aliphatic carbocycles. The number of rotatable bonds is 5. The van der Waals surface area contributed by atoms with Gasteiger partial charge in [-0.1, -0.05) is 35.3 Å². The number of anilines is 1. The van der Waals surface area contributed by atoms with Gasteiger partial charge in [-0.15, -0.1) is 0 Å². The number of halogens is 5. The van der Waals surface area contributed by atoms with Crippen LogP contribution >= 0.6 is 23.2 Å². The molecule has 8 nitrogen and oxygen atoms in total. The first-order chi connectivity index (χ1) is 14.3. The molecule has 166 valence electrons. The summed E-state index contributed by atoms with van der Waals surface area (Å²) in [4.78, 5) is 24.6. The lowest BCUT2D eigenvalue weighted by Crippen LogP contribution is -2.37. The first-order valence-corrected chi connectivity index (χ1v) is 10.7. The molecule has 0 bridgehead atoms. The third-order valence-electron chi connectivity index (χ3n) is 4.49. The minimum absolute atomic E-state index is 0.0251. The van der Waals surface area contributed by atoms with Crippen molar-refractivity contribution in [2.45, 2.75) is 18.5 Å². The van der Waals surface area contributed by atoms with E-state index in [1.54, 1.807) is 0 Å². The molecule has 1 aliphatic rings. The number of sulfonamides is 1. The molecule has 31 heavy (non-hydrogen) atoms. The van der Waals surface area contributed by atoms with E-state index >= 15 is 0 Å². The number of amides is 1. The normalized spacial score (nSPS) is 14.4. The van der Waals surface area contributed by atoms with Gasteiger partial charge in [0.1, 0.15) is 10.0 Å². The second-order valence-electron chi connectivity index (χ2n) is 6.54. The van der Waals surface area contributed by atoms with Gasteiger partial charge in [-0.05, 0) is 35.7 Å². The van der Waals surface area contributed by atoms with Gasteiger partial charge in [0.15, 0.2) is 0 Å². The molecule has 0 radical (unpaired) electrons. The van der Waals surface area contributed by atoms with Crippen LogP contribution in [0.4, 0.5) is 24.5 Å². The van der Waals surface area contributed by atoms with Gasteiger partial charge < -0.3 is 4.90 Å². The quantitative estimate of drug-likeness (QED) is 0.487. The molecule has 1 amide bonds. The zero-order valence-electron chi connectivity index (χ0n) is 15.2. The zero-order valence-corrected chi connectivity index (χ0v) is 17.6. The van der Waals surface area contributed by atoms with Gasteiger partial charge in [0, 0.05) is 18.8 Å². The van der Waals surface area contributed by atoms with Gasteiger partial charge in [-0.2, -0.15) is 21.6 Å². The molecular formula is C17H12Cl2F3N3O5S. The number of hydrogen-bond acceptors (Lipinski definition) is 5. The number of carbonyl (C=O) groups excluding carboxylic acids is 1. The highest BCUT2D eigenvalue weighted by molar-refractivity contribution is 7.93. The molecule has 3 rings (SSSR count). The summed E-state index contributed by atoms with van der Waals surface area (Å²) < 4.78 is 61.1. The van der Waals surface area contributed by atoms with Gasteiger partial charge in [0.25, 0.3) is 5.91 Å². The van der Waals surface area contributed by atoms with Crippen LogP contribution in [-0.4, -0.2) is 36.2 Å². The summed E-state index contributed by atoms with van der Waals surface area (Å²) in [5.74, 6) is -0.562. The first-order valence-electron chi connectivity index (χ1n) is 8.44. The minimum Gasteiger partial charge on any atom is -0.334 e. The minimum atomic E-state index is -5.55. The topological polar surface area (TPSA) is 110 Å². The van der Waals surface area contributed by atoms with Crippen molar-refractivity contribution in [2.75, 3.05) is 11.3 Å². The molecule has 0 unspecified atom stereocenters. The van der Waals surface area contributed by atoms with E-state index in [4.69, 9.17) is 23.2 Å². The standard InChI is InChI=1S/C17H12Cl2F3N3O5S/c18-12-7-10-5-6-24(16(26)13(10)14(19)15(12)25(27)28)8-9-1-3-11(4-2-9)23-31(29,30)17(20,21)22/h1-4,7,23H,5-6,8H2. The number of nitro benzene ring substituents is 1. The van der Waals surface area contributed by atoms with E-state index < -0.39 is 32.0 Å². The van der Waals surface area contributed by atoms with Crippen molar-refractivity contribution in [3.8, 4) is 0 Å². The first kappa shape index (κ1) is 23.1. The van der Waals surface area contributed by atoms with Crippen LogP contribution in [0, 0.1) is 10.1 Å². The largest absolute Gasteiger partial charge is 0.516 e. The summed E-state index contributed by atoms with van der Waals surface area (Å²) in [6.45, 7) is 0.274. The van der Waals surface area contributed by atoms with Gasteiger partial charge >= 0.3 is 21.2 Å². The van der Waals surface area contributed by atoms with Crippen molar-refractivity contribution < 1.29 is 31.3 Å². The molecule has 1 N–H and O–H groups in total. The lowest BCUT2D eigenvalue weighted by Gasteiger charge is -2.29. The van der Waals surface area contributed by atoms with Crippen molar-refractivity contribution in [3.63, 3.8) is 0 Å². The maximum Gasteiger partial charge on any atom is 0.516 e. The average molecular weight is 498 g/mol. The van der Waals surface area contributed by atoms with Crippen molar-refractivity contribution in [3.05, 3.63) is 67.2 Å². The number of carbonyl (C=O) groups is 1. The van der Waals surface area contributed by atoms with E-state index in [0.717, 1.165) is 12.1 Å². The van der Waals surface area contributed by atoms with Gasteiger partial charge in [0.05, 0.1) is 10.5 Å². The molecule has 0 aromatic heterocycles. The van der Waals surface area contributed by atoms with Crippen LogP contribution in [0.2, 0.25) is 10.0 Å². The Balaban J connectivity index is 1.81. The molecule has 2 aromatic rings. The molecule has 14 heteroatoms. The fourth-order valence-corrected chi connectivity index (χ4v) is 4.31. The number of nitro groups is 1. The highest BCUT2D eigenvalue weighted by Gasteiger charge is 2.46. The molecule has 0 saturated carbocycles. The maximum atomic E-state index is 12.9. The maximum absolute atomic E-state index is 12.9. The number of hydrogen-bond donors (Lipinski definition) is 1. The lowest BCUT2D eigenvalue weighted by atomic mass is 9.97. The fourth-order valence-electron chi connectivity index (χ4n) is 3.03. The highest BCUT2D eigenvalue weighted by atomic mass is 35.5. The number of benzene rings is 2. The van der Waals surface area contributed by atoms with E-state index in [-0.39, 0.29) is 34.4 Å². The number of nitrogens with zero attached hydrogens (tertiary/aromatic N) is 2. The van der Waals surface area contributed by atoms with Crippen molar-refractivity contribution >= 4 is 50.5 Å². The Kier molecular flexibility index (Phi) is 6.09. The van der Waals surface area contributed by atoms with E-state index in [1.807, 2.05) is 0 Å². The summed E-state index contributed by atoms with van der Waals surface area (Å²) in [6, 6.07) is 6.28. The third kappa shape index (κ3) is 4.55.